The molecule has 3 rings (SSSR count). The number of benzene rings is 1. The van der Waals surface area contributed by atoms with Crippen LogP contribution in [0.15, 0.2) is 24.3 Å². The molecule has 1 aromatic rings. The summed E-state index contributed by atoms with van der Waals surface area (Å²) in [6.07, 6.45) is -4.41. The molecule has 0 aliphatic carbocycles. The van der Waals surface area contributed by atoms with E-state index in [1.54, 1.807) is 0 Å². The lowest BCUT2D eigenvalue weighted by molar-refractivity contribution is -0.147. The summed E-state index contributed by atoms with van der Waals surface area (Å²) in [5.74, 6) is -1.20. The molecule has 10 heteroatoms. The van der Waals surface area contributed by atoms with Crippen LogP contribution in [0, 0.1) is 5.92 Å². The molecule has 2 fully saturated rings. The van der Waals surface area contributed by atoms with E-state index in [0.717, 1.165) is 24.3 Å². The van der Waals surface area contributed by atoms with Crippen molar-refractivity contribution in [2.75, 3.05) is 13.3 Å². The molecule has 1 aromatic carbocycles. The first-order chi connectivity index (χ1) is 12.3. The molecule has 26 heavy (non-hydrogen) atoms. The molecule has 3 unspecified atom stereocenters. The fraction of sp³-hybridized carbons (Fsp3) is 0.500. The molecular formula is C16H19F3N4O3. The zero-order valence-electron chi connectivity index (χ0n) is 14.0. The van der Waals surface area contributed by atoms with E-state index in [1.165, 1.54) is 5.01 Å². The Balaban J connectivity index is 1.52. The van der Waals surface area contributed by atoms with Gasteiger partial charge in [0.2, 0.25) is 5.91 Å². The number of hydrogen-bond acceptors (Lipinski definition) is 6. The Labute approximate surface area is 147 Å². The quantitative estimate of drug-likeness (QED) is 0.685. The van der Waals surface area contributed by atoms with E-state index >= 15 is 0 Å². The van der Waals surface area contributed by atoms with Gasteiger partial charge in [0.25, 0.3) is 0 Å². The summed E-state index contributed by atoms with van der Waals surface area (Å²) >= 11 is 0. The highest BCUT2D eigenvalue weighted by molar-refractivity contribution is 5.89. The van der Waals surface area contributed by atoms with E-state index in [9.17, 15) is 22.8 Å². The number of halogens is 3. The number of fused-ring (bicyclic) bond motifs is 1. The van der Waals surface area contributed by atoms with Crippen LogP contribution in [-0.4, -0.2) is 42.5 Å². The van der Waals surface area contributed by atoms with Gasteiger partial charge in [-0.1, -0.05) is 0 Å². The van der Waals surface area contributed by atoms with Gasteiger partial charge in [0.15, 0.2) is 6.29 Å². The van der Waals surface area contributed by atoms with Crippen LogP contribution in [0.1, 0.15) is 29.3 Å². The van der Waals surface area contributed by atoms with Crippen LogP contribution >= 0.6 is 0 Å². The summed E-state index contributed by atoms with van der Waals surface area (Å²) in [5.41, 5.74) is 2.11. The van der Waals surface area contributed by atoms with Crippen molar-refractivity contribution < 1.29 is 27.5 Å². The number of esters is 1. The minimum absolute atomic E-state index is 0.00574. The van der Waals surface area contributed by atoms with Gasteiger partial charge < -0.3 is 4.74 Å². The summed E-state index contributed by atoms with van der Waals surface area (Å²) in [6, 6.07) is 3.71. The maximum absolute atomic E-state index is 12.5. The second-order valence-electron chi connectivity index (χ2n) is 6.21. The summed E-state index contributed by atoms with van der Waals surface area (Å²) in [7, 11) is 0. The topological polar surface area (TPSA) is 82.7 Å². The summed E-state index contributed by atoms with van der Waals surface area (Å²) in [4.78, 5) is 24.4. The number of ether oxygens (including phenoxy) is 1. The Morgan fingerprint density at radius 3 is 2.65 bits per heavy atom. The summed E-state index contributed by atoms with van der Waals surface area (Å²) in [6.45, 7) is 2.34. The number of amides is 1. The minimum Gasteiger partial charge on any atom is -0.462 e. The average molecular weight is 372 g/mol. The van der Waals surface area contributed by atoms with Crippen LogP contribution in [0.25, 0.3) is 0 Å². The SMILES string of the molecule is CC1NC2NCNN2C(=O)C1CCOC(=O)c1ccc(C(F)(F)F)cc1. The van der Waals surface area contributed by atoms with Crippen molar-refractivity contribution in [2.24, 2.45) is 5.92 Å². The third-order valence-corrected chi connectivity index (χ3v) is 4.49. The predicted octanol–water partition coefficient (Wildman–Crippen LogP) is 1.04. The van der Waals surface area contributed by atoms with Gasteiger partial charge in [0.1, 0.15) is 0 Å². The highest BCUT2D eigenvalue weighted by Gasteiger charge is 2.41. The smallest absolute Gasteiger partial charge is 0.416 e. The first-order valence-corrected chi connectivity index (χ1v) is 8.18. The minimum atomic E-state index is -4.46. The van der Waals surface area contributed by atoms with E-state index < -0.39 is 17.7 Å². The predicted molar refractivity (Wildman–Crippen MR) is 84.2 cm³/mol. The Morgan fingerprint density at radius 2 is 2.00 bits per heavy atom. The summed E-state index contributed by atoms with van der Waals surface area (Å²) in [5, 5.41) is 7.78. The molecule has 2 saturated heterocycles. The number of hydrazine groups is 1. The summed E-state index contributed by atoms with van der Waals surface area (Å²) < 4.78 is 42.7. The molecule has 2 aliphatic rings. The lowest BCUT2D eigenvalue weighted by Crippen LogP contribution is -2.64. The van der Waals surface area contributed by atoms with Gasteiger partial charge in [0, 0.05) is 6.04 Å². The Bertz CT molecular complexity index is 680. The van der Waals surface area contributed by atoms with Gasteiger partial charge in [-0.2, -0.15) is 13.2 Å². The molecule has 142 valence electrons. The van der Waals surface area contributed by atoms with Gasteiger partial charge >= 0.3 is 12.1 Å². The zero-order valence-corrected chi connectivity index (χ0v) is 14.0. The largest absolute Gasteiger partial charge is 0.462 e. The third-order valence-electron chi connectivity index (χ3n) is 4.49. The number of carbonyl (C=O) groups is 2. The second-order valence-corrected chi connectivity index (χ2v) is 6.21. The normalized spacial score (nSPS) is 25.9. The van der Waals surface area contributed by atoms with Crippen molar-refractivity contribution >= 4 is 11.9 Å². The number of alkyl halides is 3. The van der Waals surface area contributed by atoms with E-state index in [0.29, 0.717) is 13.1 Å². The Hall–Kier alpha value is -2.17. The third kappa shape index (κ3) is 3.81. The van der Waals surface area contributed by atoms with E-state index in [1.807, 2.05) is 6.92 Å². The monoisotopic (exact) mass is 372 g/mol. The van der Waals surface area contributed by atoms with Crippen molar-refractivity contribution in [1.82, 2.24) is 21.1 Å². The molecule has 0 aromatic heterocycles. The number of nitrogens with zero attached hydrogens (tertiary/aromatic N) is 1. The molecule has 3 N–H and O–H groups in total. The lowest BCUT2D eigenvalue weighted by atomic mass is 9.94. The van der Waals surface area contributed by atoms with Gasteiger partial charge in [-0.3, -0.25) is 15.4 Å². The molecule has 0 spiro atoms. The van der Waals surface area contributed by atoms with Crippen LogP contribution in [0.3, 0.4) is 0 Å². The van der Waals surface area contributed by atoms with Crippen LogP contribution in [0.2, 0.25) is 0 Å². The first-order valence-electron chi connectivity index (χ1n) is 8.18. The maximum Gasteiger partial charge on any atom is 0.416 e. The van der Waals surface area contributed by atoms with Crippen molar-refractivity contribution in [1.29, 1.82) is 0 Å². The van der Waals surface area contributed by atoms with E-state index in [4.69, 9.17) is 4.74 Å². The highest BCUT2D eigenvalue weighted by Crippen LogP contribution is 2.29. The number of nitrogens with one attached hydrogen (secondary N) is 3. The fourth-order valence-corrected chi connectivity index (χ4v) is 3.04. The van der Waals surface area contributed by atoms with Gasteiger partial charge in [-0.05, 0) is 37.6 Å². The molecule has 0 bridgehead atoms. The molecule has 7 nitrogen and oxygen atoms in total. The molecule has 2 heterocycles. The Morgan fingerprint density at radius 1 is 1.31 bits per heavy atom. The molecule has 3 atom stereocenters. The average Bonchev–Trinajstić information content (AvgIpc) is 3.05. The molecule has 2 aliphatic heterocycles. The number of rotatable bonds is 4. The number of carbonyl (C=O) groups excluding carboxylic acids is 2. The zero-order chi connectivity index (χ0) is 18.9. The Kier molecular flexibility index (Phi) is 5.17. The van der Waals surface area contributed by atoms with Gasteiger partial charge in [0.05, 0.1) is 30.3 Å². The van der Waals surface area contributed by atoms with Crippen LogP contribution < -0.4 is 16.1 Å². The first kappa shape index (κ1) is 18.6. The fourth-order valence-electron chi connectivity index (χ4n) is 3.04. The van der Waals surface area contributed by atoms with Crippen molar-refractivity contribution in [3.8, 4) is 0 Å². The van der Waals surface area contributed by atoms with Crippen LogP contribution in [0.5, 0.6) is 0 Å². The van der Waals surface area contributed by atoms with E-state index in [-0.39, 0.29) is 36.3 Å². The van der Waals surface area contributed by atoms with Crippen molar-refractivity contribution in [3.05, 3.63) is 35.4 Å². The molecule has 0 radical (unpaired) electrons. The number of hydrogen-bond donors (Lipinski definition) is 3. The van der Waals surface area contributed by atoms with Crippen molar-refractivity contribution in [3.63, 3.8) is 0 Å². The van der Waals surface area contributed by atoms with Gasteiger partial charge in [-0.25, -0.2) is 15.2 Å². The molecule has 0 saturated carbocycles. The van der Waals surface area contributed by atoms with Gasteiger partial charge in [-0.15, -0.1) is 0 Å². The molecular weight excluding hydrogens is 353 g/mol. The van der Waals surface area contributed by atoms with E-state index in [2.05, 4.69) is 16.1 Å². The van der Waals surface area contributed by atoms with Crippen molar-refractivity contribution in [2.45, 2.75) is 31.9 Å². The standard InChI is InChI=1S/C16H19F3N4O3/c1-9-12(13(24)23-15(22-9)20-8-21-23)6-7-26-14(25)10-2-4-11(5-3-10)16(17,18)19/h2-5,9,12,15,20-22H,6-8H2,1H3. The highest BCUT2D eigenvalue weighted by atomic mass is 19.4. The lowest BCUT2D eigenvalue weighted by Gasteiger charge is -2.38. The van der Waals surface area contributed by atoms with Crippen LogP contribution in [0.4, 0.5) is 13.2 Å². The maximum atomic E-state index is 12.5. The molecule has 1 amide bonds. The van der Waals surface area contributed by atoms with Crippen LogP contribution in [-0.2, 0) is 15.7 Å². The second kappa shape index (κ2) is 7.22.